The van der Waals surface area contributed by atoms with Gasteiger partial charge in [-0.1, -0.05) is 66.1 Å². The minimum absolute atomic E-state index is 0.154. The van der Waals surface area contributed by atoms with Crippen LogP contribution < -0.4 is 0 Å². The number of hydrogen-bond acceptors (Lipinski definition) is 1. The van der Waals surface area contributed by atoms with Gasteiger partial charge < -0.3 is 4.43 Å². The van der Waals surface area contributed by atoms with Gasteiger partial charge in [0.25, 0.3) is 0 Å². The van der Waals surface area contributed by atoms with Crippen molar-refractivity contribution in [3.05, 3.63) is 0 Å². The Bertz CT molecular complexity index is 263. The number of hydrogen-bond donors (Lipinski definition) is 0. The van der Waals surface area contributed by atoms with Gasteiger partial charge in [0, 0.05) is 5.22 Å². The Labute approximate surface area is 124 Å². The van der Waals surface area contributed by atoms with Crippen LogP contribution in [0.15, 0.2) is 0 Å². The predicted molar refractivity (Wildman–Crippen MR) is 94.2 cm³/mol. The monoisotopic (exact) mass is 302 g/mol. The summed E-state index contributed by atoms with van der Waals surface area (Å²) in [5, 5.41) is 0.154. The molecular formula is C16H38OSi2. The summed E-state index contributed by atoms with van der Waals surface area (Å²) < 4.78 is 6.89. The first-order valence-corrected chi connectivity index (χ1v) is 14.5. The molecule has 0 N–H and O–H groups in total. The summed E-state index contributed by atoms with van der Waals surface area (Å²) >= 11 is 0. The second kappa shape index (κ2) is 7.42. The van der Waals surface area contributed by atoms with Crippen LogP contribution in [0.1, 0.15) is 60.3 Å². The van der Waals surface area contributed by atoms with E-state index in [0.29, 0.717) is 0 Å². The van der Waals surface area contributed by atoms with E-state index in [4.69, 9.17) is 4.43 Å². The van der Waals surface area contributed by atoms with Gasteiger partial charge in [0.05, 0.1) is 8.07 Å². The van der Waals surface area contributed by atoms with Crippen molar-refractivity contribution in [1.82, 2.24) is 0 Å². The van der Waals surface area contributed by atoms with Crippen LogP contribution >= 0.6 is 0 Å². The smallest absolute Gasteiger partial charge is 0.189 e. The lowest BCUT2D eigenvalue weighted by molar-refractivity contribution is 0.143. The van der Waals surface area contributed by atoms with E-state index >= 15 is 0 Å². The van der Waals surface area contributed by atoms with Crippen LogP contribution in [0.3, 0.4) is 0 Å². The molecule has 1 nitrogen and oxygen atoms in total. The van der Waals surface area contributed by atoms with Gasteiger partial charge >= 0.3 is 0 Å². The molecule has 0 rings (SSSR count). The molecule has 0 aromatic heterocycles. The third-order valence-electron chi connectivity index (χ3n) is 5.55. The van der Waals surface area contributed by atoms with Crippen molar-refractivity contribution in [3.63, 3.8) is 0 Å². The van der Waals surface area contributed by atoms with Crippen molar-refractivity contribution in [2.75, 3.05) is 0 Å². The van der Waals surface area contributed by atoms with Gasteiger partial charge in [0.2, 0.25) is 0 Å². The molecule has 0 aliphatic heterocycles. The SMILES string of the molecule is CCCC[Si](C)(C)[C@@](C)(CC)O[Si](C)(C)C(C)CC. The average Bonchev–Trinajstić information content (AvgIpc) is 2.34. The summed E-state index contributed by atoms with van der Waals surface area (Å²) in [6, 6.07) is 1.40. The highest BCUT2D eigenvalue weighted by Gasteiger charge is 2.46. The molecule has 0 bridgehead atoms. The Kier molecular flexibility index (Phi) is 7.57. The van der Waals surface area contributed by atoms with Crippen LogP contribution in [0.25, 0.3) is 0 Å². The van der Waals surface area contributed by atoms with E-state index in [-0.39, 0.29) is 5.22 Å². The fourth-order valence-corrected chi connectivity index (χ4v) is 9.85. The largest absolute Gasteiger partial charge is 0.415 e. The third kappa shape index (κ3) is 5.02. The van der Waals surface area contributed by atoms with Crippen molar-refractivity contribution in [2.24, 2.45) is 0 Å². The van der Waals surface area contributed by atoms with Gasteiger partial charge in [-0.15, -0.1) is 0 Å². The van der Waals surface area contributed by atoms with E-state index in [0.717, 1.165) is 5.54 Å². The highest BCUT2D eigenvalue weighted by atomic mass is 28.4. The lowest BCUT2D eigenvalue weighted by atomic mass is 10.3. The molecule has 19 heavy (non-hydrogen) atoms. The van der Waals surface area contributed by atoms with Crippen LogP contribution in [-0.2, 0) is 4.43 Å². The first-order chi connectivity index (χ1) is 8.56. The van der Waals surface area contributed by atoms with Crippen LogP contribution in [0, 0.1) is 0 Å². The normalized spacial score (nSPS) is 18.2. The van der Waals surface area contributed by atoms with Crippen LogP contribution in [0.2, 0.25) is 37.8 Å². The van der Waals surface area contributed by atoms with Crippen LogP contribution in [-0.4, -0.2) is 21.6 Å². The van der Waals surface area contributed by atoms with Gasteiger partial charge in [-0.2, -0.15) is 0 Å². The van der Waals surface area contributed by atoms with E-state index in [1.807, 2.05) is 0 Å². The molecular weight excluding hydrogens is 264 g/mol. The van der Waals surface area contributed by atoms with Crippen LogP contribution in [0.4, 0.5) is 0 Å². The summed E-state index contributed by atoms with van der Waals surface area (Å²) in [6.07, 6.45) is 5.09. The summed E-state index contributed by atoms with van der Waals surface area (Å²) in [6.45, 7) is 21.6. The predicted octanol–water partition coefficient (Wildman–Crippen LogP) is 6.22. The van der Waals surface area contributed by atoms with E-state index in [2.05, 4.69) is 60.8 Å². The van der Waals surface area contributed by atoms with E-state index in [1.54, 1.807) is 0 Å². The minimum Gasteiger partial charge on any atom is -0.415 e. The first-order valence-electron chi connectivity index (χ1n) is 8.26. The van der Waals surface area contributed by atoms with Gasteiger partial charge in [0.15, 0.2) is 8.32 Å². The zero-order chi connectivity index (χ0) is 15.3. The van der Waals surface area contributed by atoms with E-state index in [1.165, 1.54) is 31.7 Å². The van der Waals surface area contributed by atoms with Crippen LogP contribution in [0.5, 0.6) is 0 Å². The molecule has 3 heteroatoms. The Morgan fingerprint density at radius 2 is 1.58 bits per heavy atom. The molecule has 2 atom stereocenters. The second-order valence-electron chi connectivity index (χ2n) is 7.59. The van der Waals surface area contributed by atoms with Gasteiger partial charge in [-0.25, -0.2) is 0 Å². The van der Waals surface area contributed by atoms with Crippen molar-refractivity contribution >= 4 is 16.4 Å². The maximum atomic E-state index is 6.89. The second-order valence-corrected chi connectivity index (χ2v) is 17.3. The topological polar surface area (TPSA) is 9.23 Å². The summed E-state index contributed by atoms with van der Waals surface area (Å²) in [5.41, 5.74) is 0.745. The van der Waals surface area contributed by atoms with Crippen molar-refractivity contribution in [1.29, 1.82) is 0 Å². The maximum absolute atomic E-state index is 6.89. The van der Waals surface area contributed by atoms with Crippen molar-refractivity contribution in [2.45, 2.75) is 103 Å². The molecule has 0 saturated heterocycles. The van der Waals surface area contributed by atoms with E-state index < -0.39 is 16.4 Å². The molecule has 0 aromatic rings. The Balaban J connectivity index is 5.05. The summed E-state index contributed by atoms with van der Waals surface area (Å²) in [4.78, 5) is 0. The van der Waals surface area contributed by atoms with Crippen molar-refractivity contribution in [3.8, 4) is 0 Å². The Morgan fingerprint density at radius 3 is 1.95 bits per heavy atom. The van der Waals surface area contributed by atoms with Gasteiger partial charge in [-0.05, 0) is 32.0 Å². The molecule has 1 unspecified atom stereocenters. The summed E-state index contributed by atoms with van der Waals surface area (Å²) in [5.74, 6) is 0. The molecule has 0 heterocycles. The van der Waals surface area contributed by atoms with Gasteiger partial charge in [0.1, 0.15) is 0 Å². The Morgan fingerprint density at radius 1 is 1.05 bits per heavy atom. The molecule has 0 spiro atoms. The fourth-order valence-electron chi connectivity index (χ4n) is 2.74. The molecule has 0 aliphatic carbocycles. The van der Waals surface area contributed by atoms with Crippen molar-refractivity contribution < 1.29 is 4.43 Å². The minimum atomic E-state index is -1.58. The lowest BCUT2D eigenvalue weighted by Gasteiger charge is -2.48. The molecule has 0 radical (unpaired) electrons. The third-order valence-corrected chi connectivity index (χ3v) is 14.4. The zero-order valence-corrected chi connectivity index (χ0v) is 17.0. The lowest BCUT2D eigenvalue weighted by Crippen LogP contribution is -2.59. The van der Waals surface area contributed by atoms with E-state index in [9.17, 15) is 0 Å². The number of rotatable bonds is 9. The fraction of sp³-hybridized carbons (Fsp3) is 1.00. The molecule has 0 saturated carbocycles. The molecule has 0 aliphatic rings. The number of unbranched alkanes of at least 4 members (excludes halogenated alkanes) is 1. The standard InChI is InChI=1S/C16H38OSi2/c1-10-13-14-18(6,7)16(5,12-3)17-19(8,9)15(4)11-2/h15H,10-14H2,1-9H3/t15?,16-/m0/s1. The Hall–Kier alpha value is 0.394. The zero-order valence-electron chi connectivity index (χ0n) is 15.0. The first kappa shape index (κ1) is 19.4. The maximum Gasteiger partial charge on any atom is 0.189 e. The summed E-state index contributed by atoms with van der Waals surface area (Å²) in [7, 11) is -2.91. The quantitative estimate of drug-likeness (QED) is 0.459. The molecule has 0 fully saturated rings. The molecule has 116 valence electrons. The average molecular weight is 303 g/mol. The van der Waals surface area contributed by atoms with Gasteiger partial charge in [-0.3, -0.25) is 0 Å². The highest BCUT2D eigenvalue weighted by molar-refractivity contribution is 6.82. The highest BCUT2D eigenvalue weighted by Crippen LogP contribution is 2.38. The molecule has 0 aromatic carbocycles. The molecule has 0 amide bonds.